The maximum atomic E-state index is 10.8. The van der Waals surface area contributed by atoms with Gasteiger partial charge >= 0.3 is 0 Å². The van der Waals surface area contributed by atoms with Crippen LogP contribution in [0.4, 0.5) is 0 Å². The number of hydrogen-bond acceptors (Lipinski definition) is 3. The van der Waals surface area contributed by atoms with Crippen molar-refractivity contribution in [2.45, 2.75) is 26.4 Å². The summed E-state index contributed by atoms with van der Waals surface area (Å²) in [5.41, 5.74) is 6.63. The molecule has 0 bridgehead atoms. The van der Waals surface area contributed by atoms with E-state index in [4.69, 9.17) is 5.73 Å². The Kier molecular flexibility index (Phi) is 4.52. The third-order valence-corrected chi connectivity index (χ3v) is 2.48. The summed E-state index contributed by atoms with van der Waals surface area (Å²) in [5, 5.41) is 3.36. The lowest BCUT2D eigenvalue weighted by molar-refractivity contribution is 0.405. The van der Waals surface area contributed by atoms with E-state index in [1.165, 1.54) is 6.07 Å². The first-order valence-electron chi connectivity index (χ1n) is 5.24. The Hall–Kier alpha value is -1.13. The minimum absolute atomic E-state index is 0.0713. The number of pyridine rings is 1. The molecule has 4 heteroatoms. The highest BCUT2D eigenvalue weighted by molar-refractivity contribution is 5.08. The Balaban J connectivity index is 2.49. The van der Waals surface area contributed by atoms with Crippen molar-refractivity contribution in [3.05, 3.63) is 34.2 Å². The van der Waals surface area contributed by atoms with E-state index in [1.807, 2.05) is 6.07 Å². The summed E-state index contributed by atoms with van der Waals surface area (Å²) in [6, 6.07) is 3.67. The van der Waals surface area contributed by atoms with Crippen molar-refractivity contribution in [3.63, 3.8) is 0 Å². The molecule has 0 saturated carbocycles. The Morgan fingerprint density at radius 3 is 2.67 bits per heavy atom. The molecule has 0 spiro atoms. The van der Waals surface area contributed by atoms with Gasteiger partial charge in [-0.05, 0) is 11.5 Å². The third-order valence-electron chi connectivity index (χ3n) is 2.48. The Morgan fingerprint density at radius 1 is 1.47 bits per heavy atom. The van der Waals surface area contributed by atoms with Crippen LogP contribution in [0.3, 0.4) is 0 Å². The summed E-state index contributed by atoms with van der Waals surface area (Å²) in [6.45, 7) is 5.63. The van der Waals surface area contributed by atoms with Crippen molar-refractivity contribution < 1.29 is 0 Å². The molecule has 0 aliphatic heterocycles. The molecule has 15 heavy (non-hydrogen) atoms. The topological polar surface area (TPSA) is 70.9 Å². The van der Waals surface area contributed by atoms with Crippen LogP contribution in [0.25, 0.3) is 0 Å². The minimum Gasteiger partial charge on any atom is -0.329 e. The van der Waals surface area contributed by atoms with E-state index in [9.17, 15) is 4.79 Å². The second-order valence-electron chi connectivity index (χ2n) is 4.03. The molecule has 1 aromatic rings. The van der Waals surface area contributed by atoms with Crippen molar-refractivity contribution in [3.8, 4) is 0 Å². The van der Waals surface area contributed by atoms with Crippen LogP contribution in [0.2, 0.25) is 0 Å². The Bertz CT molecular complexity index is 325. The molecule has 0 aromatic carbocycles. The SMILES string of the molecule is CC(C)C(CN)NCc1ccc(=O)[nH]c1. The van der Waals surface area contributed by atoms with E-state index in [0.717, 1.165) is 12.1 Å². The van der Waals surface area contributed by atoms with Crippen molar-refractivity contribution in [2.75, 3.05) is 6.54 Å². The van der Waals surface area contributed by atoms with Crippen LogP contribution in [-0.4, -0.2) is 17.6 Å². The van der Waals surface area contributed by atoms with Gasteiger partial charge in [-0.25, -0.2) is 0 Å². The zero-order chi connectivity index (χ0) is 11.3. The summed E-state index contributed by atoms with van der Waals surface area (Å²) in [7, 11) is 0. The average molecular weight is 209 g/mol. The van der Waals surface area contributed by atoms with Gasteiger partial charge in [0.05, 0.1) is 0 Å². The quantitative estimate of drug-likeness (QED) is 0.659. The number of aromatic amines is 1. The van der Waals surface area contributed by atoms with Gasteiger partial charge in [0.1, 0.15) is 0 Å². The summed E-state index contributed by atoms with van der Waals surface area (Å²) >= 11 is 0. The molecule has 1 rings (SSSR count). The summed E-state index contributed by atoms with van der Waals surface area (Å²) < 4.78 is 0. The van der Waals surface area contributed by atoms with Crippen LogP contribution in [0.5, 0.6) is 0 Å². The normalized spacial score (nSPS) is 13.1. The number of hydrogen-bond donors (Lipinski definition) is 3. The molecule has 0 fully saturated rings. The highest BCUT2D eigenvalue weighted by atomic mass is 16.1. The Labute approximate surface area is 89.9 Å². The van der Waals surface area contributed by atoms with Crippen LogP contribution in [0.1, 0.15) is 19.4 Å². The molecule has 84 valence electrons. The first-order valence-corrected chi connectivity index (χ1v) is 5.24. The molecule has 1 heterocycles. The van der Waals surface area contributed by atoms with Crippen LogP contribution >= 0.6 is 0 Å². The van der Waals surface area contributed by atoms with E-state index in [-0.39, 0.29) is 5.56 Å². The van der Waals surface area contributed by atoms with Crippen LogP contribution < -0.4 is 16.6 Å². The number of nitrogens with two attached hydrogens (primary N) is 1. The zero-order valence-electron chi connectivity index (χ0n) is 9.29. The fourth-order valence-corrected chi connectivity index (χ4v) is 1.39. The fourth-order valence-electron chi connectivity index (χ4n) is 1.39. The van der Waals surface area contributed by atoms with E-state index >= 15 is 0 Å². The number of nitrogens with one attached hydrogen (secondary N) is 2. The smallest absolute Gasteiger partial charge is 0.247 e. The molecule has 0 amide bonds. The molecule has 0 aliphatic carbocycles. The molecule has 4 N–H and O–H groups in total. The highest BCUT2D eigenvalue weighted by Gasteiger charge is 2.09. The molecule has 1 unspecified atom stereocenters. The lowest BCUT2D eigenvalue weighted by atomic mass is 10.0. The summed E-state index contributed by atoms with van der Waals surface area (Å²) in [5.74, 6) is 0.512. The zero-order valence-corrected chi connectivity index (χ0v) is 9.29. The highest BCUT2D eigenvalue weighted by Crippen LogP contribution is 2.01. The van der Waals surface area contributed by atoms with Gasteiger partial charge in [0.2, 0.25) is 5.56 Å². The van der Waals surface area contributed by atoms with Gasteiger partial charge in [-0.15, -0.1) is 0 Å². The second-order valence-corrected chi connectivity index (χ2v) is 4.03. The van der Waals surface area contributed by atoms with Gasteiger partial charge in [-0.2, -0.15) is 0 Å². The van der Waals surface area contributed by atoms with E-state index in [1.54, 1.807) is 6.20 Å². The molecule has 0 aliphatic rings. The van der Waals surface area contributed by atoms with Crippen LogP contribution in [0.15, 0.2) is 23.1 Å². The van der Waals surface area contributed by atoms with Crippen molar-refractivity contribution >= 4 is 0 Å². The minimum atomic E-state index is -0.0713. The molecule has 4 nitrogen and oxygen atoms in total. The fraction of sp³-hybridized carbons (Fsp3) is 0.545. The first kappa shape index (κ1) is 11.9. The molecular weight excluding hydrogens is 190 g/mol. The van der Waals surface area contributed by atoms with Crippen molar-refractivity contribution in [2.24, 2.45) is 11.7 Å². The molecule has 0 saturated heterocycles. The maximum Gasteiger partial charge on any atom is 0.247 e. The third kappa shape index (κ3) is 3.85. The van der Waals surface area contributed by atoms with Crippen LogP contribution in [-0.2, 0) is 6.54 Å². The maximum absolute atomic E-state index is 10.8. The Morgan fingerprint density at radius 2 is 2.20 bits per heavy atom. The molecular formula is C11H19N3O. The van der Waals surface area contributed by atoms with Gasteiger partial charge in [0.15, 0.2) is 0 Å². The van der Waals surface area contributed by atoms with E-state index < -0.39 is 0 Å². The monoisotopic (exact) mass is 209 g/mol. The standard InChI is InChI=1S/C11H19N3O/c1-8(2)10(5-12)13-6-9-3-4-11(15)14-7-9/h3-4,7-8,10,13H,5-6,12H2,1-2H3,(H,14,15). The average Bonchev–Trinajstić information content (AvgIpc) is 2.21. The van der Waals surface area contributed by atoms with Gasteiger partial charge in [0.25, 0.3) is 0 Å². The van der Waals surface area contributed by atoms with Crippen molar-refractivity contribution in [1.29, 1.82) is 0 Å². The van der Waals surface area contributed by atoms with Gasteiger partial charge in [-0.1, -0.05) is 19.9 Å². The lowest BCUT2D eigenvalue weighted by Gasteiger charge is -2.20. The van der Waals surface area contributed by atoms with Gasteiger partial charge in [0, 0.05) is 31.4 Å². The largest absolute Gasteiger partial charge is 0.329 e. The first-order chi connectivity index (χ1) is 7.13. The number of aromatic nitrogens is 1. The molecule has 1 atom stereocenters. The predicted octanol–water partition coefficient (Wildman–Crippen LogP) is 0.448. The van der Waals surface area contributed by atoms with E-state index in [0.29, 0.717) is 18.5 Å². The summed E-state index contributed by atoms with van der Waals surface area (Å²) in [4.78, 5) is 13.5. The lowest BCUT2D eigenvalue weighted by Crippen LogP contribution is -2.39. The molecule has 0 radical (unpaired) electrons. The molecule has 1 aromatic heterocycles. The van der Waals surface area contributed by atoms with Gasteiger partial charge < -0.3 is 16.0 Å². The van der Waals surface area contributed by atoms with Gasteiger partial charge in [-0.3, -0.25) is 4.79 Å². The number of rotatable bonds is 5. The summed E-state index contributed by atoms with van der Waals surface area (Å²) in [6.07, 6.45) is 1.73. The van der Waals surface area contributed by atoms with Crippen LogP contribution in [0, 0.1) is 5.92 Å². The van der Waals surface area contributed by atoms with E-state index in [2.05, 4.69) is 24.1 Å². The van der Waals surface area contributed by atoms with Crippen molar-refractivity contribution in [1.82, 2.24) is 10.3 Å². The number of H-pyrrole nitrogens is 1. The predicted molar refractivity (Wildman–Crippen MR) is 61.6 cm³/mol. The second kappa shape index (κ2) is 5.68.